The first-order chi connectivity index (χ1) is 16.9. The Labute approximate surface area is 205 Å². The van der Waals surface area contributed by atoms with Crippen LogP contribution in [-0.4, -0.2) is 52.4 Å². The Balaban J connectivity index is 1.19. The normalized spacial score (nSPS) is 12.9. The van der Waals surface area contributed by atoms with Crippen LogP contribution < -0.4 is 10.6 Å². The van der Waals surface area contributed by atoms with Crippen LogP contribution in [0.5, 0.6) is 0 Å². The van der Waals surface area contributed by atoms with Gasteiger partial charge in [0, 0.05) is 17.8 Å². The van der Waals surface area contributed by atoms with Crippen molar-refractivity contribution in [2.24, 2.45) is 0 Å². The number of amides is 2. The number of fused-ring (bicyclic) bond motifs is 3. The number of carboxylic acids is 1. The van der Waals surface area contributed by atoms with Crippen LogP contribution in [0.15, 0.2) is 53.9 Å². The van der Waals surface area contributed by atoms with Gasteiger partial charge in [-0.15, -0.1) is 11.3 Å². The molecule has 0 radical (unpaired) electrons. The van der Waals surface area contributed by atoms with E-state index in [2.05, 4.69) is 27.8 Å². The molecule has 0 bridgehead atoms. The monoisotopic (exact) mass is 495 g/mol. The van der Waals surface area contributed by atoms with Crippen LogP contribution in [0.4, 0.5) is 4.79 Å². The molecule has 0 aliphatic heterocycles. The van der Waals surface area contributed by atoms with Crippen LogP contribution >= 0.6 is 11.3 Å². The Hall–Kier alpha value is -3.76. The Morgan fingerprint density at radius 1 is 1.03 bits per heavy atom. The number of aliphatic carboxylic acids is 1. The van der Waals surface area contributed by atoms with Gasteiger partial charge in [-0.05, 0) is 22.3 Å². The average molecular weight is 496 g/mol. The number of carbonyl (C=O) groups excluding carboxylic acids is 2. The van der Waals surface area contributed by atoms with E-state index in [9.17, 15) is 19.5 Å². The lowest BCUT2D eigenvalue weighted by Crippen LogP contribution is -2.36. The van der Waals surface area contributed by atoms with Crippen molar-refractivity contribution in [3.05, 3.63) is 75.7 Å². The summed E-state index contributed by atoms with van der Waals surface area (Å²) in [5.41, 5.74) is 4.91. The van der Waals surface area contributed by atoms with Crippen LogP contribution in [0.3, 0.4) is 0 Å². The van der Waals surface area contributed by atoms with Gasteiger partial charge in [0.25, 0.3) is 0 Å². The zero-order chi connectivity index (χ0) is 24.8. The number of nitrogens with one attached hydrogen (secondary N) is 2. The second kappa shape index (κ2) is 11.1. The van der Waals surface area contributed by atoms with Crippen molar-refractivity contribution < 1.29 is 29.3 Å². The highest BCUT2D eigenvalue weighted by atomic mass is 32.1. The number of hydrogen-bond acceptors (Lipinski definition) is 7. The van der Waals surface area contributed by atoms with E-state index in [-0.39, 0.29) is 38.5 Å². The van der Waals surface area contributed by atoms with E-state index in [0.717, 1.165) is 22.3 Å². The van der Waals surface area contributed by atoms with E-state index in [4.69, 9.17) is 9.84 Å². The van der Waals surface area contributed by atoms with Gasteiger partial charge in [0.15, 0.2) is 0 Å². The summed E-state index contributed by atoms with van der Waals surface area (Å²) in [5.74, 6) is -1.45. The highest BCUT2D eigenvalue weighted by molar-refractivity contribution is 7.09. The molecule has 0 fully saturated rings. The summed E-state index contributed by atoms with van der Waals surface area (Å²) in [6.45, 7) is 0.161. The Morgan fingerprint density at radius 3 is 2.34 bits per heavy atom. The molecule has 2 aromatic carbocycles. The quantitative estimate of drug-likeness (QED) is 0.339. The summed E-state index contributed by atoms with van der Waals surface area (Å²) in [6, 6.07) is 16.1. The van der Waals surface area contributed by atoms with Crippen molar-refractivity contribution in [1.82, 2.24) is 15.6 Å². The molecule has 0 saturated carbocycles. The zero-order valence-corrected chi connectivity index (χ0v) is 19.6. The van der Waals surface area contributed by atoms with Gasteiger partial charge in [0.2, 0.25) is 5.91 Å². The Kier molecular flexibility index (Phi) is 7.74. The molecule has 2 amide bonds. The topological polar surface area (TPSA) is 138 Å². The van der Waals surface area contributed by atoms with Crippen LogP contribution in [0.25, 0.3) is 11.1 Å². The number of carboxylic acid groups (broad SMARTS) is 1. The molecule has 4 rings (SSSR count). The molecule has 182 valence electrons. The fourth-order valence-corrected chi connectivity index (χ4v) is 4.78. The third-order valence-electron chi connectivity index (χ3n) is 5.62. The lowest BCUT2D eigenvalue weighted by Gasteiger charge is -2.16. The summed E-state index contributed by atoms with van der Waals surface area (Å²) in [5, 5.41) is 26.2. The van der Waals surface area contributed by atoms with Crippen LogP contribution in [0.2, 0.25) is 0 Å². The molecule has 0 spiro atoms. The molecule has 3 aromatic rings. The number of nitrogens with zero attached hydrogens (tertiary/aromatic N) is 1. The standard InChI is InChI=1S/C25H25N3O6S/c29-16(10-22(30)26-12-23-28-15(14-35-23)9-24(31)32)11-27-25(33)34-13-21-19-7-3-1-5-17(19)18-6-2-4-8-20(18)21/h1-8,14,16,21,29H,9-13H2,(H,26,30)(H,27,33)(H,31,32). The highest BCUT2D eigenvalue weighted by Gasteiger charge is 2.29. The molecule has 1 aliphatic rings. The van der Waals surface area contributed by atoms with Gasteiger partial charge in [-0.3, -0.25) is 9.59 Å². The van der Waals surface area contributed by atoms with Gasteiger partial charge in [0.05, 0.1) is 31.2 Å². The Morgan fingerprint density at radius 2 is 1.69 bits per heavy atom. The van der Waals surface area contributed by atoms with Gasteiger partial charge >= 0.3 is 12.1 Å². The first-order valence-electron chi connectivity index (χ1n) is 11.1. The molecule has 4 N–H and O–H groups in total. The van der Waals surface area contributed by atoms with Crippen LogP contribution in [-0.2, 0) is 27.3 Å². The molecule has 9 nitrogen and oxygen atoms in total. The molecular formula is C25H25N3O6S. The minimum absolute atomic E-state index is 0.0641. The van der Waals surface area contributed by atoms with E-state index >= 15 is 0 Å². The number of carbonyl (C=O) groups is 3. The fourth-order valence-electron chi connectivity index (χ4n) is 4.05. The van der Waals surface area contributed by atoms with Crippen LogP contribution in [0, 0.1) is 0 Å². The average Bonchev–Trinajstić information content (AvgIpc) is 3.41. The Bertz CT molecular complexity index is 1180. The van der Waals surface area contributed by atoms with E-state index < -0.39 is 24.1 Å². The van der Waals surface area contributed by atoms with E-state index in [1.165, 1.54) is 11.3 Å². The minimum Gasteiger partial charge on any atom is -0.481 e. The van der Waals surface area contributed by atoms with Gasteiger partial charge in [0.1, 0.15) is 11.6 Å². The second-order valence-corrected chi connectivity index (χ2v) is 9.09. The number of alkyl carbamates (subject to hydrolysis) is 1. The lowest BCUT2D eigenvalue weighted by atomic mass is 9.98. The predicted octanol–water partition coefficient (Wildman–Crippen LogP) is 2.68. The lowest BCUT2D eigenvalue weighted by molar-refractivity contribution is -0.136. The number of benzene rings is 2. The minimum atomic E-state index is -1.09. The number of ether oxygens (including phenoxy) is 1. The van der Waals surface area contributed by atoms with Crippen molar-refractivity contribution in [1.29, 1.82) is 0 Å². The largest absolute Gasteiger partial charge is 0.481 e. The molecule has 1 aliphatic carbocycles. The number of aliphatic hydroxyl groups excluding tert-OH is 1. The van der Waals surface area contributed by atoms with Crippen molar-refractivity contribution in [2.75, 3.05) is 13.2 Å². The maximum absolute atomic E-state index is 12.2. The zero-order valence-electron chi connectivity index (χ0n) is 18.8. The number of rotatable bonds is 10. The smallest absolute Gasteiger partial charge is 0.407 e. The number of hydrogen-bond donors (Lipinski definition) is 4. The second-order valence-electron chi connectivity index (χ2n) is 8.14. The molecule has 1 unspecified atom stereocenters. The number of thiazole rings is 1. The van der Waals surface area contributed by atoms with Gasteiger partial charge in [-0.2, -0.15) is 0 Å². The third kappa shape index (κ3) is 6.23. The molecule has 35 heavy (non-hydrogen) atoms. The molecule has 1 atom stereocenters. The van der Waals surface area contributed by atoms with E-state index in [0.29, 0.717) is 10.7 Å². The van der Waals surface area contributed by atoms with Crippen LogP contribution in [0.1, 0.15) is 34.2 Å². The van der Waals surface area contributed by atoms with Gasteiger partial charge in [-0.25, -0.2) is 9.78 Å². The molecule has 1 heterocycles. The van der Waals surface area contributed by atoms with Crippen molar-refractivity contribution in [3.63, 3.8) is 0 Å². The predicted molar refractivity (Wildman–Crippen MR) is 129 cm³/mol. The maximum Gasteiger partial charge on any atom is 0.407 e. The highest BCUT2D eigenvalue weighted by Crippen LogP contribution is 2.44. The van der Waals surface area contributed by atoms with Crippen molar-refractivity contribution >= 4 is 29.3 Å². The molecule has 0 saturated heterocycles. The molecule has 1 aromatic heterocycles. The summed E-state index contributed by atoms with van der Waals surface area (Å²) in [6.07, 6.45) is -2.14. The van der Waals surface area contributed by atoms with Gasteiger partial charge in [-0.1, -0.05) is 48.5 Å². The molecule has 10 heteroatoms. The number of aliphatic hydroxyl groups is 1. The maximum atomic E-state index is 12.2. The first-order valence-corrected chi connectivity index (χ1v) is 12.0. The van der Waals surface area contributed by atoms with E-state index in [1.807, 2.05) is 36.4 Å². The SMILES string of the molecule is O=C(O)Cc1csc(CNC(=O)CC(O)CNC(=O)OCC2c3ccccc3-c3ccccc32)n1. The van der Waals surface area contributed by atoms with Gasteiger partial charge < -0.3 is 25.6 Å². The van der Waals surface area contributed by atoms with E-state index in [1.54, 1.807) is 5.38 Å². The first kappa shape index (κ1) is 24.4. The summed E-state index contributed by atoms with van der Waals surface area (Å²) >= 11 is 1.25. The fraction of sp³-hybridized carbons (Fsp3) is 0.280. The summed E-state index contributed by atoms with van der Waals surface area (Å²) < 4.78 is 5.42. The summed E-state index contributed by atoms with van der Waals surface area (Å²) in [7, 11) is 0. The molecular weight excluding hydrogens is 470 g/mol. The van der Waals surface area contributed by atoms with Crippen molar-refractivity contribution in [2.45, 2.75) is 31.4 Å². The summed E-state index contributed by atoms with van der Waals surface area (Å²) in [4.78, 5) is 39.1. The third-order valence-corrected chi connectivity index (χ3v) is 6.51. The number of aromatic nitrogens is 1. The van der Waals surface area contributed by atoms with Crippen molar-refractivity contribution in [3.8, 4) is 11.1 Å².